The van der Waals surface area contributed by atoms with E-state index in [1.54, 1.807) is 31.2 Å². The van der Waals surface area contributed by atoms with Crippen LogP contribution in [0.2, 0.25) is 0 Å². The van der Waals surface area contributed by atoms with Crippen LogP contribution in [-0.4, -0.2) is 35.2 Å². The Kier molecular flexibility index (Phi) is 6.10. The minimum absolute atomic E-state index is 0.0369. The first kappa shape index (κ1) is 19.6. The monoisotopic (exact) mass is 419 g/mol. The fraction of sp³-hybridized carbons (Fsp3) is 0.222. The van der Waals surface area contributed by atoms with E-state index in [2.05, 4.69) is 21.2 Å². The quantitative estimate of drug-likeness (QED) is 0.590. The number of hydrogen-bond donors (Lipinski definition) is 1. The van der Waals surface area contributed by atoms with Crippen molar-refractivity contribution in [1.82, 2.24) is 4.90 Å². The van der Waals surface area contributed by atoms with Crippen molar-refractivity contribution in [2.45, 2.75) is 13.8 Å². The van der Waals surface area contributed by atoms with Gasteiger partial charge in [0, 0.05) is 22.8 Å². The Labute approximate surface area is 159 Å². The second-order valence-corrected chi connectivity index (χ2v) is 6.81. The molecule has 0 aliphatic rings. The van der Waals surface area contributed by atoms with E-state index in [9.17, 15) is 19.7 Å². The summed E-state index contributed by atoms with van der Waals surface area (Å²) in [6, 6.07) is 9.95. The van der Waals surface area contributed by atoms with E-state index >= 15 is 0 Å². The molecule has 0 radical (unpaired) electrons. The van der Waals surface area contributed by atoms with Gasteiger partial charge in [0.25, 0.3) is 11.6 Å². The van der Waals surface area contributed by atoms with Crippen molar-refractivity contribution in [2.75, 3.05) is 18.9 Å². The van der Waals surface area contributed by atoms with Crippen LogP contribution in [0.5, 0.6) is 0 Å². The topological polar surface area (TPSA) is 92.6 Å². The van der Waals surface area contributed by atoms with Crippen molar-refractivity contribution in [2.24, 2.45) is 0 Å². The van der Waals surface area contributed by atoms with Gasteiger partial charge in [0.2, 0.25) is 5.91 Å². The molecule has 0 saturated heterocycles. The van der Waals surface area contributed by atoms with Gasteiger partial charge < -0.3 is 10.2 Å². The summed E-state index contributed by atoms with van der Waals surface area (Å²) in [5, 5.41) is 14.0. The second kappa shape index (κ2) is 8.09. The molecule has 2 amide bonds. The van der Waals surface area contributed by atoms with Crippen LogP contribution in [0.25, 0.3) is 0 Å². The standard InChI is InChI=1S/C18H18BrN3O4/c1-11-5-4-6-14(17(11)22(25)26)18(24)21(3)10-16(23)20-15-8-7-13(19)9-12(15)2/h4-9H,10H2,1-3H3,(H,20,23). The highest BCUT2D eigenvalue weighted by atomic mass is 79.9. The minimum atomic E-state index is -0.582. The van der Waals surface area contributed by atoms with E-state index in [0.29, 0.717) is 11.3 Å². The number of nitro groups is 1. The van der Waals surface area contributed by atoms with Gasteiger partial charge in [0.15, 0.2) is 0 Å². The van der Waals surface area contributed by atoms with E-state index in [0.717, 1.165) is 14.9 Å². The molecule has 0 fully saturated rings. The van der Waals surface area contributed by atoms with Crippen LogP contribution in [0.4, 0.5) is 11.4 Å². The Bertz CT molecular complexity index is 883. The van der Waals surface area contributed by atoms with Crippen LogP contribution in [0.3, 0.4) is 0 Å². The van der Waals surface area contributed by atoms with Crippen molar-refractivity contribution in [3.05, 3.63) is 67.7 Å². The lowest BCUT2D eigenvalue weighted by Gasteiger charge is -2.18. The molecule has 26 heavy (non-hydrogen) atoms. The molecule has 0 saturated carbocycles. The molecule has 2 rings (SSSR count). The van der Waals surface area contributed by atoms with E-state index in [1.165, 1.54) is 13.1 Å². The summed E-state index contributed by atoms with van der Waals surface area (Å²) < 4.78 is 0.895. The molecule has 7 nitrogen and oxygen atoms in total. The van der Waals surface area contributed by atoms with Gasteiger partial charge in [-0.2, -0.15) is 0 Å². The van der Waals surface area contributed by atoms with Crippen molar-refractivity contribution >= 4 is 39.1 Å². The maximum absolute atomic E-state index is 12.6. The lowest BCUT2D eigenvalue weighted by atomic mass is 10.1. The first-order valence-corrected chi connectivity index (χ1v) is 8.55. The average Bonchev–Trinajstić information content (AvgIpc) is 2.56. The molecule has 8 heteroatoms. The number of nitro benzene ring substituents is 1. The molecule has 0 aliphatic heterocycles. The lowest BCUT2D eigenvalue weighted by Crippen LogP contribution is -2.35. The molecular formula is C18H18BrN3O4. The Balaban J connectivity index is 2.13. The van der Waals surface area contributed by atoms with Gasteiger partial charge in [0.05, 0.1) is 11.5 Å². The average molecular weight is 420 g/mol. The van der Waals surface area contributed by atoms with E-state index in [1.807, 2.05) is 13.0 Å². The number of nitrogens with one attached hydrogen (secondary N) is 1. The molecule has 0 aromatic heterocycles. The van der Waals surface area contributed by atoms with Gasteiger partial charge in [-0.05, 0) is 43.7 Å². The van der Waals surface area contributed by atoms with Crippen LogP contribution < -0.4 is 5.32 Å². The minimum Gasteiger partial charge on any atom is -0.332 e. The fourth-order valence-electron chi connectivity index (χ4n) is 2.52. The molecule has 0 spiro atoms. The maximum atomic E-state index is 12.6. The second-order valence-electron chi connectivity index (χ2n) is 5.90. The Morgan fingerprint density at radius 2 is 1.88 bits per heavy atom. The van der Waals surface area contributed by atoms with Crippen LogP contribution >= 0.6 is 15.9 Å². The van der Waals surface area contributed by atoms with Crippen molar-refractivity contribution in [3.8, 4) is 0 Å². The summed E-state index contributed by atoms with van der Waals surface area (Å²) in [6.07, 6.45) is 0. The van der Waals surface area contributed by atoms with Crippen molar-refractivity contribution in [1.29, 1.82) is 0 Å². The molecule has 1 N–H and O–H groups in total. The Hall–Kier alpha value is -2.74. The van der Waals surface area contributed by atoms with Crippen LogP contribution in [-0.2, 0) is 4.79 Å². The predicted molar refractivity (Wildman–Crippen MR) is 102 cm³/mol. The summed E-state index contributed by atoms with van der Waals surface area (Å²) in [6.45, 7) is 3.20. The SMILES string of the molecule is Cc1cc(Br)ccc1NC(=O)CN(C)C(=O)c1cccc(C)c1[N+](=O)[O-]. The number of hydrogen-bond acceptors (Lipinski definition) is 4. The number of carbonyl (C=O) groups excluding carboxylic acids is 2. The van der Waals surface area contributed by atoms with E-state index in [-0.39, 0.29) is 23.7 Å². The summed E-state index contributed by atoms with van der Waals surface area (Å²) in [5.41, 5.74) is 1.62. The summed E-state index contributed by atoms with van der Waals surface area (Å²) in [5.74, 6) is -0.968. The van der Waals surface area contributed by atoms with Crippen molar-refractivity contribution < 1.29 is 14.5 Å². The Morgan fingerprint density at radius 1 is 1.19 bits per heavy atom. The van der Waals surface area contributed by atoms with Crippen molar-refractivity contribution in [3.63, 3.8) is 0 Å². The highest BCUT2D eigenvalue weighted by molar-refractivity contribution is 9.10. The third-order valence-electron chi connectivity index (χ3n) is 3.84. The number of carbonyl (C=O) groups is 2. The number of likely N-dealkylation sites (N-methyl/N-ethyl adjacent to an activating group) is 1. The number of para-hydroxylation sites is 1. The molecule has 0 heterocycles. The maximum Gasteiger partial charge on any atom is 0.285 e. The zero-order valence-corrected chi connectivity index (χ0v) is 16.2. The smallest absolute Gasteiger partial charge is 0.285 e. The van der Waals surface area contributed by atoms with Gasteiger partial charge in [-0.25, -0.2) is 0 Å². The van der Waals surface area contributed by atoms with Crippen LogP contribution in [0, 0.1) is 24.0 Å². The third kappa shape index (κ3) is 4.45. The largest absolute Gasteiger partial charge is 0.332 e. The van der Waals surface area contributed by atoms with E-state index in [4.69, 9.17) is 0 Å². The highest BCUT2D eigenvalue weighted by Gasteiger charge is 2.25. The molecule has 0 bridgehead atoms. The number of halogens is 1. The summed E-state index contributed by atoms with van der Waals surface area (Å²) in [4.78, 5) is 36.6. The first-order chi connectivity index (χ1) is 12.2. The zero-order chi connectivity index (χ0) is 19.4. The number of nitrogens with zero attached hydrogens (tertiary/aromatic N) is 2. The molecule has 2 aromatic rings. The molecule has 136 valence electrons. The summed E-state index contributed by atoms with van der Waals surface area (Å²) >= 11 is 3.35. The Morgan fingerprint density at radius 3 is 2.50 bits per heavy atom. The first-order valence-electron chi connectivity index (χ1n) is 7.76. The molecule has 2 aromatic carbocycles. The van der Waals surface area contributed by atoms with E-state index < -0.39 is 10.8 Å². The third-order valence-corrected chi connectivity index (χ3v) is 4.33. The number of anilines is 1. The highest BCUT2D eigenvalue weighted by Crippen LogP contribution is 2.24. The fourth-order valence-corrected chi connectivity index (χ4v) is 3.00. The van der Waals surface area contributed by atoms with Gasteiger partial charge >= 0.3 is 0 Å². The number of aryl methyl sites for hydroxylation is 2. The number of rotatable bonds is 5. The lowest BCUT2D eigenvalue weighted by molar-refractivity contribution is -0.385. The van der Waals surface area contributed by atoms with Gasteiger partial charge in [-0.3, -0.25) is 19.7 Å². The van der Waals surface area contributed by atoms with Crippen LogP contribution in [0.1, 0.15) is 21.5 Å². The predicted octanol–water partition coefficient (Wildman–Crippen LogP) is 3.68. The molecular weight excluding hydrogens is 402 g/mol. The number of amides is 2. The van der Waals surface area contributed by atoms with Gasteiger partial charge in [-0.1, -0.05) is 28.1 Å². The molecule has 0 unspecified atom stereocenters. The molecule has 0 atom stereocenters. The van der Waals surface area contributed by atoms with Gasteiger partial charge in [-0.15, -0.1) is 0 Å². The summed E-state index contributed by atoms with van der Waals surface area (Å²) in [7, 11) is 1.43. The normalized spacial score (nSPS) is 10.3. The van der Waals surface area contributed by atoms with Gasteiger partial charge in [0.1, 0.15) is 5.56 Å². The van der Waals surface area contributed by atoms with Crippen LogP contribution in [0.15, 0.2) is 40.9 Å². The number of benzene rings is 2. The zero-order valence-electron chi connectivity index (χ0n) is 14.6. The molecule has 0 aliphatic carbocycles.